The number of rotatable bonds is 8. The van der Waals surface area contributed by atoms with E-state index in [9.17, 15) is 35.7 Å². The van der Waals surface area contributed by atoms with Crippen molar-refractivity contribution in [2.75, 3.05) is 26.4 Å². The Bertz CT molecular complexity index is 442. The molecule has 0 aromatic heterocycles. The molecule has 2 fully saturated rings. The summed E-state index contributed by atoms with van der Waals surface area (Å²) in [7, 11) is 0. The van der Waals surface area contributed by atoms with Crippen molar-refractivity contribution in [3.05, 3.63) is 0 Å². The summed E-state index contributed by atoms with van der Waals surface area (Å²) in [6, 6.07) is 0. The fraction of sp³-hybridized carbons (Fsp3) is 1.00. The van der Waals surface area contributed by atoms with Crippen molar-refractivity contribution in [3.63, 3.8) is 0 Å². The maximum absolute atomic E-state index is 10.4. The molecule has 0 radical (unpaired) electrons. The molecule has 10 atom stereocenters. The Kier molecular flexibility index (Phi) is 8.73. The van der Waals surface area contributed by atoms with Gasteiger partial charge in [-0.1, -0.05) is 0 Å². The summed E-state index contributed by atoms with van der Waals surface area (Å²) in [5.74, 6) is 0. The Balaban J connectivity index is 2.10. The van der Waals surface area contributed by atoms with Crippen LogP contribution in [0.5, 0.6) is 0 Å². The molecule has 0 saturated carbocycles. The molecular weight excluding hydrogens is 370 g/mol. The number of aliphatic hydroxyl groups excluding tert-OH is 7. The van der Waals surface area contributed by atoms with Crippen molar-refractivity contribution in [2.45, 2.75) is 67.8 Å². The summed E-state index contributed by atoms with van der Waals surface area (Å²) in [6.07, 6.45) is -14.1. The van der Waals surface area contributed by atoms with E-state index in [4.69, 9.17) is 24.7 Å². The Hall–Kier alpha value is -0.480. The quantitative estimate of drug-likeness (QED) is 0.181. The van der Waals surface area contributed by atoms with Gasteiger partial charge in [-0.15, -0.1) is 0 Å². The van der Waals surface area contributed by atoms with Crippen LogP contribution in [0.3, 0.4) is 0 Å². The highest BCUT2D eigenvalue weighted by Crippen LogP contribution is 2.29. The van der Waals surface area contributed by atoms with E-state index in [0.29, 0.717) is 13.0 Å². The van der Waals surface area contributed by atoms with Gasteiger partial charge in [0.1, 0.15) is 48.8 Å². The predicted octanol–water partition coefficient (Wildman–Crippen LogP) is -5.02. The smallest absolute Gasteiger partial charge is 0.187 e. The van der Waals surface area contributed by atoms with Crippen molar-refractivity contribution in [3.8, 4) is 0 Å². The van der Waals surface area contributed by atoms with Gasteiger partial charge in [-0.2, -0.15) is 0 Å². The molecule has 2 saturated heterocycles. The third kappa shape index (κ3) is 5.12. The van der Waals surface area contributed by atoms with Crippen LogP contribution in [0, 0.1) is 0 Å². The highest BCUT2D eigenvalue weighted by Gasteiger charge is 2.50. The van der Waals surface area contributed by atoms with Crippen LogP contribution in [0.15, 0.2) is 0 Å². The van der Waals surface area contributed by atoms with Crippen molar-refractivity contribution in [2.24, 2.45) is 5.73 Å². The summed E-state index contributed by atoms with van der Waals surface area (Å²) in [5, 5.41) is 69.0. The monoisotopic (exact) mass is 399 g/mol. The Labute approximate surface area is 155 Å². The molecule has 27 heavy (non-hydrogen) atoms. The largest absolute Gasteiger partial charge is 0.394 e. The van der Waals surface area contributed by atoms with Gasteiger partial charge in [0.05, 0.1) is 19.8 Å². The second-order valence-corrected chi connectivity index (χ2v) is 6.52. The number of aliphatic hydroxyl groups is 7. The van der Waals surface area contributed by atoms with Gasteiger partial charge in [-0.3, -0.25) is 0 Å². The number of ether oxygens (including phenoxy) is 4. The van der Waals surface area contributed by atoms with Crippen LogP contribution in [-0.4, -0.2) is 124 Å². The zero-order valence-corrected chi connectivity index (χ0v) is 14.6. The van der Waals surface area contributed by atoms with Crippen LogP contribution in [0.4, 0.5) is 0 Å². The molecule has 6 unspecified atom stereocenters. The van der Waals surface area contributed by atoms with Gasteiger partial charge in [0.25, 0.3) is 0 Å². The minimum Gasteiger partial charge on any atom is -0.394 e. The molecule has 0 spiro atoms. The zero-order valence-electron chi connectivity index (χ0n) is 14.6. The fourth-order valence-electron chi connectivity index (χ4n) is 2.97. The summed E-state index contributed by atoms with van der Waals surface area (Å²) < 4.78 is 21.3. The molecule has 9 N–H and O–H groups in total. The van der Waals surface area contributed by atoms with Crippen LogP contribution in [0.1, 0.15) is 6.42 Å². The average molecular weight is 399 g/mol. The highest BCUT2D eigenvalue weighted by atomic mass is 16.7. The van der Waals surface area contributed by atoms with Crippen LogP contribution in [-0.2, 0) is 18.9 Å². The lowest BCUT2D eigenvalue weighted by Crippen LogP contribution is -2.64. The van der Waals surface area contributed by atoms with E-state index < -0.39 is 74.6 Å². The SMILES string of the molecule is NCCCO[C@@H]1OC(CO)[C@H](O)C(O[C@H]2OC(CO)[C@H](O)C(O)C2O)C1O. The molecule has 160 valence electrons. The first-order chi connectivity index (χ1) is 12.8. The lowest BCUT2D eigenvalue weighted by molar-refractivity contribution is -0.360. The van der Waals surface area contributed by atoms with Crippen molar-refractivity contribution in [1.29, 1.82) is 0 Å². The lowest BCUT2D eigenvalue weighted by atomic mass is 9.97. The summed E-state index contributed by atoms with van der Waals surface area (Å²) in [5.41, 5.74) is 5.37. The first-order valence-corrected chi connectivity index (χ1v) is 8.75. The van der Waals surface area contributed by atoms with Crippen LogP contribution < -0.4 is 5.73 Å². The molecule has 0 aromatic carbocycles. The topological polar surface area (TPSA) is 205 Å². The Morgan fingerprint density at radius 2 is 1.33 bits per heavy atom. The summed E-state index contributed by atoms with van der Waals surface area (Å²) >= 11 is 0. The molecule has 12 heteroatoms. The van der Waals surface area contributed by atoms with E-state index in [0.717, 1.165) is 0 Å². The summed E-state index contributed by atoms with van der Waals surface area (Å²) in [6.45, 7) is -0.758. The van der Waals surface area contributed by atoms with Gasteiger partial charge in [0, 0.05) is 0 Å². The van der Waals surface area contributed by atoms with E-state index in [1.807, 2.05) is 0 Å². The minimum absolute atomic E-state index is 0.152. The van der Waals surface area contributed by atoms with Crippen LogP contribution in [0.25, 0.3) is 0 Å². The molecule has 0 bridgehead atoms. The third-order valence-corrected chi connectivity index (χ3v) is 4.59. The van der Waals surface area contributed by atoms with Crippen LogP contribution >= 0.6 is 0 Å². The summed E-state index contributed by atoms with van der Waals surface area (Å²) in [4.78, 5) is 0. The number of hydrogen-bond donors (Lipinski definition) is 8. The first-order valence-electron chi connectivity index (χ1n) is 8.75. The second-order valence-electron chi connectivity index (χ2n) is 6.52. The normalized spacial score (nSPS) is 45.8. The first kappa shape index (κ1) is 22.8. The minimum atomic E-state index is -1.71. The molecule has 0 amide bonds. The van der Waals surface area contributed by atoms with Crippen LogP contribution in [0.2, 0.25) is 0 Å². The Morgan fingerprint density at radius 1 is 0.741 bits per heavy atom. The van der Waals surface area contributed by atoms with E-state index in [1.165, 1.54) is 0 Å². The fourth-order valence-corrected chi connectivity index (χ4v) is 2.97. The van der Waals surface area contributed by atoms with Gasteiger partial charge in [0.2, 0.25) is 0 Å². The van der Waals surface area contributed by atoms with E-state index in [-0.39, 0.29) is 6.61 Å². The highest BCUT2D eigenvalue weighted by molar-refractivity contribution is 4.94. The number of nitrogens with two attached hydrogens (primary N) is 1. The third-order valence-electron chi connectivity index (χ3n) is 4.59. The van der Waals surface area contributed by atoms with E-state index >= 15 is 0 Å². The molecule has 0 aliphatic carbocycles. The van der Waals surface area contributed by atoms with Gasteiger partial charge in [0.15, 0.2) is 12.6 Å². The average Bonchev–Trinajstić information content (AvgIpc) is 2.66. The molecule has 2 aliphatic rings. The van der Waals surface area contributed by atoms with Gasteiger partial charge in [-0.05, 0) is 13.0 Å². The maximum Gasteiger partial charge on any atom is 0.187 e. The van der Waals surface area contributed by atoms with Crippen molar-refractivity contribution < 1.29 is 54.7 Å². The second kappa shape index (κ2) is 10.3. The van der Waals surface area contributed by atoms with Crippen molar-refractivity contribution >= 4 is 0 Å². The van der Waals surface area contributed by atoms with Gasteiger partial charge < -0.3 is 60.4 Å². The number of hydrogen-bond acceptors (Lipinski definition) is 12. The molecule has 2 aliphatic heterocycles. The molecule has 12 nitrogen and oxygen atoms in total. The standard InChI is InChI=1S/C15H29NO11/c16-2-1-3-24-14-12(23)13(9(20)7(5-18)25-14)27-15-11(22)10(21)8(19)6(4-17)26-15/h6-15,17-23H,1-5,16H2/t6?,7?,8-,9-,10?,11?,12?,13?,14+,15+/m0/s1. The van der Waals surface area contributed by atoms with E-state index in [1.54, 1.807) is 0 Å². The maximum atomic E-state index is 10.4. The van der Waals surface area contributed by atoms with E-state index in [2.05, 4.69) is 0 Å². The Morgan fingerprint density at radius 3 is 1.93 bits per heavy atom. The zero-order chi connectivity index (χ0) is 20.1. The molecule has 2 rings (SSSR count). The lowest BCUT2D eigenvalue weighted by Gasteiger charge is -2.45. The molecule has 2 heterocycles. The van der Waals surface area contributed by atoms with Gasteiger partial charge >= 0.3 is 0 Å². The molecule has 0 aromatic rings. The predicted molar refractivity (Wildman–Crippen MR) is 86.0 cm³/mol. The molecular formula is C15H29NO11. The van der Waals surface area contributed by atoms with Crippen molar-refractivity contribution in [1.82, 2.24) is 0 Å². The van der Waals surface area contributed by atoms with Gasteiger partial charge in [-0.25, -0.2) is 0 Å².